The first-order chi connectivity index (χ1) is 8.67. The lowest BCUT2D eigenvalue weighted by atomic mass is 10.2. The quantitative estimate of drug-likeness (QED) is 0.797. The Morgan fingerprint density at radius 3 is 2.83 bits per heavy atom. The number of aromatic nitrogens is 2. The van der Waals surface area contributed by atoms with E-state index in [9.17, 15) is 4.79 Å². The summed E-state index contributed by atoms with van der Waals surface area (Å²) in [5, 5.41) is 0.606. The highest BCUT2D eigenvalue weighted by Gasteiger charge is 2.12. The Labute approximate surface area is 110 Å². The molecule has 4 nitrogen and oxygen atoms in total. The Hall–Kier alpha value is -1.39. The van der Waals surface area contributed by atoms with Gasteiger partial charge < -0.3 is 4.74 Å². The van der Waals surface area contributed by atoms with E-state index in [1.165, 1.54) is 0 Å². The molecule has 0 aliphatic heterocycles. The van der Waals surface area contributed by atoms with Crippen molar-refractivity contribution in [1.82, 2.24) is 9.55 Å². The Balaban J connectivity index is 2.63. The third-order valence-electron chi connectivity index (χ3n) is 2.90. The second-order valence-electron chi connectivity index (χ2n) is 4.14. The summed E-state index contributed by atoms with van der Waals surface area (Å²) in [6, 6.07) is 7.28. The number of ether oxygens (including phenoxy) is 1. The summed E-state index contributed by atoms with van der Waals surface area (Å²) in [6.07, 6.45) is -0.0624. The van der Waals surface area contributed by atoms with Crippen LogP contribution in [0, 0.1) is 0 Å². The molecule has 1 heterocycles. The topological polar surface area (TPSA) is 44.1 Å². The molecule has 1 aromatic carbocycles. The standard InChI is InChI=1S/C13H15ClN2O2/c1-9(18-2)8-16-12(7-14)15-11-6-4-3-5-10(11)13(16)17/h3-6,9H,7-8H2,1-2H3. The second kappa shape index (κ2) is 5.50. The molecule has 0 aliphatic carbocycles. The zero-order valence-corrected chi connectivity index (χ0v) is 11.1. The van der Waals surface area contributed by atoms with Crippen molar-refractivity contribution in [1.29, 1.82) is 0 Å². The highest BCUT2D eigenvalue weighted by atomic mass is 35.5. The molecule has 0 fully saturated rings. The van der Waals surface area contributed by atoms with Crippen molar-refractivity contribution in [3.63, 3.8) is 0 Å². The number of hydrogen-bond acceptors (Lipinski definition) is 3. The van der Waals surface area contributed by atoms with Crippen LogP contribution in [0.5, 0.6) is 0 Å². The van der Waals surface area contributed by atoms with Gasteiger partial charge in [-0.05, 0) is 19.1 Å². The molecule has 0 aliphatic rings. The number of hydrogen-bond donors (Lipinski definition) is 0. The van der Waals surface area contributed by atoms with Crippen LogP contribution in [0.3, 0.4) is 0 Å². The summed E-state index contributed by atoms with van der Waals surface area (Å²) in [6.45, 7) is 2.36. The number of alkyl halides is 1. The molecule has 2 aromatic rings. The molecule has 0 spiro atoms. The molecule has 0 amide bonds. The summed E-state index contributed by atoms with van der Waals surface area (Å²) >= 11 is 5.87. The van der Waals surface area contributed by atoms with E-state index in [2.05, 4.69) is 4.98 Å². The largest absolute Gasteiger partial charge is 0.380 e. The fraction of sp³-hybridized carbons (Fsp3) is 0.385. The molecular formula is C13H15ClN2O2. The van der Waals surface area contributed by atoms with Gasteiger partial charge in [-0.15, -0.1) is 11.6 Å². The molecule has 18 heavy (non-hydrogen) atoms. The summed E-state index contributed by atoms with van der Waals surface area (Å²) in [5.74, 6) is 0.778. The van der Waals surface area contributed by atoms with Gasteiger partial charge in [0.05, 0.1) is 29.4 Å². The average molecular weight is 267 g/mol. The summed E-state index contributed by atoms with van der Waals surface area (Å²) in [5.41, 5.74) is 0.611. The first-order valence-electron chi connectivity index (χ1n) is 5.74. The molecular weight excluding hydrogens is 252 g/mol. The summed E-state index contributed by atoms with van der Waals surface area (Å²) < 4.78 is 6.78. The summed E-state index contributed by atoms with van der Waals surface area (Å²) in [4.78, 5) is 16.8. The van der Waals surface area contributed by atoms with Crippen LogP contribution in [0.4, 0.5) is 0 Å². The molecule has 1 unspecified atom stereocenters. The third kappa shape index (κ3) is 2.40. The number of halogens is 1. The minimum atomic E-state index is -0.0693. The fourth-order valence-corrected chi connectivity index (χ4v) is 2.04. The Kier molecular flexibility index (Phi) is 3.99. The van der Waals surface area contributed by atoms with Crippen LogP contribution in [0.1, 0.15) is 12.7 Å². The first-order valence-corrected chi connectivity index (χ1v) is 6.28. The van der Waals surface area contributed by atoms with Gasteiger partial charge in [-0.25, -0.2) is 4.98 Å². The predicted octanol–water partition coefficient (Wildman–Crippen LogP) is 2.17. The molecule has 0 bridgehead atoms. The maximum absolute atomic E-state index is 12.4. The van der Waals surface area contributed by atoms with Crippen molar-refractivity contribution in [3.05, 3.63) is 40.4 Å². The Morgan fingerprint density at radius 2 is 2.17 bits per heavy atom. The van der Waals surface area contributed by atoms with E-state index >= 15 is 0 Å². The van der Waals surface area contributed by atoms with Crippen LogP contribution in [0.25, 0.3) is 10.9 Å². The number of para-hydroxylation sites is 1. The van der Waals surface area contributed by atoms with E-state index < -0.39 is 0 Å². The molecule has 0 saturated carbocycles. The molecule has 5 heteroatoms. The SMILES string of the molecule is COC(C)Cn1c(CCl)nc2ccccc2c1=O. The van der Waals surface area contributed by atoms with E-state index in [1.807, 2.05) is 25.1 Å². The van der Waals surface area contributed by atoms with Crippen molar-refractivity contribution in [2.45, 2.75) is 25.5 Å². The molecule has 96 valence electrons. The minimum Gasteiger partial charge on any atom is -0.380 e. The average Bonchev–Trinajstić information content (AvgIpc) is 2.41. The maximum Gasteiger partial charge on any atom is 0.261 e. The third-order valence-corrected chi connectivity index (χ3v) is 3.14. The van der Waals surface area contributed by atoms with Gasteiger partial charge in [-0.3, -0.25) is 9.36 Å². The number of benzene rings is 1. The van der Waals surface area contributed by atoms with Gasteiger partial charge in [0.2, 0.25) is 0 Å². The first kappa shape index (κ1) is 13.1. The smallest absolute Gasteiger partial charge is 0.261 e. The highest BCUT2D eigenvalue weighted by molar-refractivity contribution is 6.16. The van der Waals surface area contributed by atoms with Gasteiger partial charge in [0.15, 0.2) is 0 Å². The van der Waals surface area contributed by atoms with E-state index in [0.717, 1.165) is 0 Å². The maximum atomic E-state index is 12.4. The van der Waals surface area contributed by atoms with Crippen LogP contribution in [-0.4, -0.2) is 22.8 Å². The van der Waals surface area contributed by atoms with E-state index in [1.54, 1.807) is 17.7 Å². The Morgan fingerprint density at radius 1 is 1.44 bits per heavy atom. The van der Waals surface area contributed by atoms with Crippen molar-refractivity contribution in [2.75, 3.05) is 7.11 Å². The van der Waals surface area contributed by atoms with Crippen LogP contribution in [-0.2, 0) is 17.2 Å². The van der Waals surface area contributed by atoms with Gasteiger partial charge in [0, 0.05) is 7.11 Å². The molecule has 0 N–H and O–H groups in total. The predicted molar refractivity (Wildman–Crippen MR) is 72.0 cm³/mol. The van der Waals surface area contributed by atoms with E-state index in [0.29, 0.717) is 23.3 Å². The lowest BCUT2D eigenvalue weighted by Crippen LogP contribution is -2.29. The molecule has 0 radical (unpaired) electrons. The van der Waals surface area contributed by atoms with Gasteiger partial charge in [0.1, 0.15) is 5.82 Å². The zero-order chi connectivity index (χ0) is 13.1. The van der Waals surface area contributed by atoms with E-state index in [4.69, 9.17) is 16.3 Å². The fourth-order valence-electron chi connectivity index (χ4n) is 1.84. The molecule has 1 aromatic heterocycles. The van der Waals surface area contributed by atoms with Crippen LogP contribution >= 0.6 is 11.6 Å². The number of rotatable bonds is 4. The normalized spacial score (nSPS) is 12.8. The van der Waals surface area contributed by atoms with Gasteiger partial charge in [-0.2, -0.15) is 0 Å². The van der Waals surface area contributed by atoms with Crippen LogP contribution in [0.15, 0.2) is 29.1 Å². The minimum absolute atomic E-state index is 0.0624. The lowest BCUT2D eigenvalue weighted by Gasteiger charge is -2.15. The lowest BCUT2D eigenvalue weighted by molar-refractivity contribution is 0.101. The summed E-state index contributed by atoms with van der Waals surface area (Å²) in [7, 11) is 1.62. The molecule has 2 rings (SSSR count). The van der Waals surface area contributed by atoms with E-state index in [-0.39, 0.29) is 17.5 Å². The number of nitrogens with zero attached hydrogens (tertiary/aromatic N) is 2. The molecule has 0 saturated heterocycles. The number of fused-ring (bicyclic) bond motifs is 1. The van der Waals surface area contributed by atoms with Crippen LogP contribution < -0.4 is 5.56 Å². The second-order valence-corrected chi connectivity index (χ2v) is 4.41. The van der Waals surface area contributed by atoms with Crippen molar-refractivity contribution >= 4 is 22.5 Å². The van der Waals surface area contributed by atoms with Crippen molar-refractivity contribution < 1.29 is 4.74 Å². The zero-order valence-electron chi connectivity index (χ0n) is 10.4. The molecule has 1 atom stereocenters. The van der Waals surface area contributed by atoms with Crippen molar-refractivity contribution in [2.24, 2.45) is 0 Å². The van der Waals surface area contributed by atoms with Gasteiger partial charge in [0.25, 0.3) is 5.56 Å². The van der Waals surface area contributed by atoms with Gasteiger partial charge >= 0.3 is 0 Å². The van der Waals surface area contributed by atoms with Crippen LogP contribution in [0.2, 0.25) is 0 Å². The van der Waals surface area contributed by atoms with Gasteiger partial charge in [-0.1, -0.05) is 12.1 Å². The monoisotopic (exact) mass is 266 g/mol. The Bertz CT molecular complexity index is 609. The highest BCUT2D eigenvalue weighted by Crippen LogP contribution is 2.10. The van der Waals surface area contributed by atoms with Crippen molar-refractivity contribution in [3.8, 4) is 0 Å². The number of methoxy groups -OCH3 is 1.